The highest BCUT2D eigenvalue weighted by Gasteiger charge is 2.29. The van der Waals surface area contributed by atoms with E-state index in [1.807, 2.05) is 6.92 Å². The molecule has 0 radical (unpaired) electrons. The number of aliphatic hydroxyl groups excluding tert-OH is 1. The number of amides is 2. The summed E-state index contributed by atoms with van der Waals surface area (Å²) in [7, 11) is -3.54. The van der Waals surface area contributed by atoms with Gasteiger partial charge in [-0.1, -0.05) is 25.1 Å². The number of carbonyl (C=O) groups is 2. The summed E-state index contributed by atoms with van der Waals surface area (Å²) in [5.74, 6) is -0.150. The predicted molar refractivity (Wildman–Crippen MR) is 105 cm³/mol. The van der Waals surface area contributed by atoms with Crippen molar-refractivity contribution in [1.82, 2.24) is 14.5 Å². The zero-order valence-corrected chi connectivity index (χ0v) is 17.0. The van der Waals surface area contributed by atoms with Crippen molar-refractivity contribution >= 4 is 21.8 Å². The molecule has 1 aromatic rings. The molecule has 1 heterocycles. The molecule has 0 aromatic heterocycles. The van der Waals surface area contributed by atoms with E-state index >= 15 is 0 Å². The number of piperazine rings is 1. The molecule has 1 fully saturated rings. The zero-order valence-electron chi connectivity index (χ0n) is 16.2. The molecule has 0 aliphatic carbocycles. The predicted octanol–water partition coefficient (Wildman–Crippen LogP) is 0.434. The number of hydrogen-bond acceptors (Lipinski definition) is 5. The Kier molecular flexibility index (Phi) is 8.40. The van der Waals surface area contributed by atoms with E-state index in [0.717, 1.165) is 0 Å². The highest BCUT2D eigenvalue weighted by atomic mass is 32.2. The van der Waals surface area contributed by atoms with Crippen LogP contribution in [0, 0.1) is 5.92 Å². The van der Waals surface area contributed by atoms with E-state index in [-0.39, 0.29) is 55.2 Å². The summed E-state index contributed by atoms with van der Waals surface area (Å²) in [6, 6.07) is 8.25. The molecule has 0 saturated carbocycles. The summed E-state index contributed by atoms with van der Waals surface area (Å²) >= 11 is 0. The Hall–Kier alpha value is -1.97. The second kappa shape index (κ2) is 10.5. The molecule has 2 rings (SSSR count). The van der Waals surface area contributed by atoms with Crippen molar-refractivity contribution in [2.45, 2.75) is 31.1 Å². The minimum atomic E-state index is -3.54. The van der Waals surface area contributed by atoms with Crippen LogP contribution in [0.5, 0.6) is 0 Å². The van der Waals surface area contributed by atoms with Crippen LogP contribution in [0.3, 0.4) is 0 Å². The van der Waals surface area contributed by atoms with Gasteiger partial charge < -0.3 is 15.3 Å². The van der Waals surface area contributed by atoms with E-state index in [1.54, 1.807) is 35.2 Å². The van der Waals surface area contributed by atoms with Gasteiger partial charge in [-0.3, -0.25) is 9.59 Å². The number of nitrogens with zero attached hydrogens (tertiary/aromatic N) is 2. The molecule has 0 spiro atoms. The molecule has 1 saturated heterocycles. The van der Waals surface area contributed by atoms with Crippen LogP contribution in [-0.2, 0) is 19.6 Å². The van der Waals surface area contributed by atoms with Gasteiger partial charge >= 0.3 is 0 Å². The standard InChI is InChI=1S/C19H29N3O5S/c1-16(9-14-23)15-20-18(24)7-8-19(25)21-10-12-22(13-11-21)28(26,27)17-5-3-2-4-6-17/h2-6,16,23H,7-15H2,1H3,(H,20,24)/t16-/m0/s1. The Labute approximate surface area is 166 Å². The van der Waals surface area contributed by atoms with Crippen molar-refractivity contribution in [2.75, 3.05) is 39.3 Å². The molecule has 2 amide bonds. The van der Waals surface area contributed by atoms with Crippen molar-refractivity contribution in [2.24, 2.45) is 5.92 Å². The lowest BCUT2D eigenvalue weighted by molar-refractivity contribution is -0.134. The van der Waals surface area contributed by atoms with Gasteiger partial charge in [0.05, 0.1) is 4.90 Å². The third kappa shape index (κ3) is 6.29. The summed E-state index contributed by atoms with van der Waals surface area (Å²) in [5.41, 5.74) is 0. The van der Waals surface area contributed by atoms with Crippen LogP contribution in [0.1, 0.15) is 26.2 Å². The summed E-state index contributed by atoms with van der Waals surface area (Å²) in [5, 5.41) is 11.6. The molecule has 9 heteroatoms. The maximum atomic E-state index is 12.6. The molecule has 1 aliphatic rings. The van der Waals surface area contributed by atoms with Crippen molar-refractivity contribution in [3.8, 4) is 0 Å². The summed E-state index contributed by atoms with van der Waals surface area (Å²) in [6.45, 7) is 3.62. The lowest BCUT2D eigenvalue weighted by Crippen LogP contribution is -2.50. The van der Waals surface area contributed by atoms with Crippen LogP contribution in [0.2, 0.25) is 0 Å². The highest BCUT2D eigenvalue weighted by Crippen LogP contribution is 2.17. The van der Waals surface area contributed by atoms with E-state index < -0.39 is 10.0 Å². The first-order chi connectivity index (χ1) is 13.3. The van der Waals surface area contributed by atoms with Gasteiger partial charge in [0.2, 0.25) is 21.8 Å². The maximum absolute atomic E-state index is 12.6. The first kappa shape index (κ1) is 22.3. The van der Waals surface area contributed by atoms with Crippen molar-refractivity contribution in [1.29, 1.82) is 0 Å². The minimum Gasteiger partial charge on any atom is -0.396 e. The second-order valence-corrected chi connectivity index (χ2v) is 8.96. The Balaban J connectivity index is 1.75. The van der Waals surface area contributed by atoms with Gasteiger partial charge in [-0.15, -0.1) is 0 Å². The Morgan fingerprint density at radius 2 is 1.75 bits per heavy atom. The minimum absolute atomic E-state index is 0.0848. The number of aliphatic hydroxyl groups is 1. The van der Waals surface area contributed by atoms with Crippen LogP contribution >= 0.6 is 0 Å². The third-order valence-corrected chi connectivity index (χ3v) is 6.72. The molecular formula is C19H29N3O5S. The van der Waals surface area contributed by atoms with Crippen molar-refractivity contribution in [3.05, 3.63) is 30.3 Å². The molecule has 0 bridgehead atoms. The normalized spacial score (nSPS) is 16.6. The fraction of sp³-hybridized carbons (Fsp3) is 0.579. The number of sulfonamides is 1. The van der Waals surface area contributed by atoms with Gasteiger partial charge in [0.1, 0.15) is 0 Å². The molecule has 0 unspecified atom stereocenters. The van der Waals surface area contributed by atoms with Crippen molar-refractivity contribution < 1.29 is 23.1 Å². The van der Waals surface area contributed by atoms with Crippen molar-refractivity contribution in [3.63, 3.8) is 0 Å². The molecule has 156 valence electrons. The molecule has 1 aromatic carbocycles. The van der Waals surface area contributed by atoms with E-state index in [2.05, 4.69) is 5.32 Å². The fourth-order valence-electron chi connectivity index (χ4n) is 3.00. The Bertz CT molecular complexity index is 746. The van der Waals surface area contributed by atoms with Crippen LogP contribution in [-0.4, -0.2) is 73.9 Å². The van der Waals surface area contributed by atoms with Crippen LogP contribution < -0.4 is 5.32 Å². The SMILES string of the molecule is C[C@@H](CCO)CNC(=O)CCC(=O)N1CCN(S(=O)(=O)c2ccccc2)CC1. The van der Waals surface area contributed by atoms with Gasteiger partial charge in [0.25, 0.3) is 0 Å². The smallest absolute Gasteiger partial charge is 0.243 e. The number of nitrogens with one attached hydrogen (secondary N) is 1. The Morgan fingerprint density at radius 1 is 1.11 bits per heavy atom. The number of rotatable bonds is 9. The van der Waals surface area contributed by atoms with Gasteiger partial charge in [0, 0.05) is 52.2 Å². The topological polar surface area (TPSA) is 107 Å². The van der Waals surface area contributed by atoms with E-state index in [9.17, 15) is 18.0 Å². The molecule has 2 N–H and O–H groups in total. The molecular weight excluding hydrogens is 382 g/mol. The van der Waals surface area contributed by atoms with Crippen LogP contribution in [0.4, 0.5) is 0 Å². The number of benzene rings is 1. The van der Waals surface area contributed by atoms with E-state index in [1.165, 1.54) is 4.31 Å². The molecule has 8 nitrogen and oxygen atoms in total. The first-order valence-corrected chi connectivity index (χ1v) is 11.0. The van der Waals surface area contributed by atoms with Gasteiger partial charge in [-0.2, -0.15) is 4.31 Å². The zero-order chi connectivity index (χ0) is 20.6. The second-order valence-electron chi connectivity index (χ2n) is 7.02. The van der Waals surface area contributed by atoms with E-state index in [0.29, 0.717) is 26.1 Å². The van der Waals surface area contributed by atoms with Crippen LogP contribution in [0.15, 0.2) is 35.2 Å². The van der Waals surface area contributed by atoms with Crippen LogP contribution in [0.25, 0.3) is 0 Å². The van der Waals surface area contributed by atoms with Gasteiger partial charge in [-0.25, -0.2) is 8.42 Å². The monoisotopic (exact) mass is 411 g/mol. The maximum Gasteiger partial charge on any atom is 0.243 e. The summed E-state index contributed by atoms with van der Waals surface area (Å²) in [6.07, 6.45) is 0.828. The molecule has 28 heavy (non-hydrogen) atoms. The first-order valence-electron chi connectivity index (χ1n) is 9.55. The Morgan fingerprint density at radius 3 is 2.36 bits per heavy atom. The quantitative estimate of drug-likeness (QED) is 0.613. The lowest BCUT2D eigenvalue weighted by Gasteiger charge is -2.34. The number of hydrogen-bond donors (Lipinski definition) is 2. The average Bonchev–Trinajstić information content (AvgIpc) is 2.71. The average molecular weight is 412 g/mol. The van der Waals surface area contributed by atoms with Gasteiger partial charge in [0.15, 0.2) is 0 Å². The largest absolute Gasteiger partial charge is 0.396 e. The summed E-state index contributed by atoms with van der Waals surface area (Å²) in [4.78, 5) is 26.0. The molecule has 1 aliphatic heterocycles. The van der Waals surface area contributed by atoms with Gasteiger partial charge in [-0.05, 0) is 24.5 Å². The number of carbonyl (C=O) groups excluding carboxylic acids is 2. The fourth-order valence-corrected chi connectivity index (χ4v) is 4.44. The summed E-state index contributed by atoms with van der Waals surface area (Å²) < 4.78 is 26.6. The lowest BCUT2D eigenvalue weighted by atomic mass is 10.1. The van der Waals surface area contributed by atoms with E-state index in [4.69, 9.17) is 5.11 Å². The highest BCUT2D eigenvalue weighted by molar-refractivity contribution is 7.89. The molecule has 1 atom stereocenters. The third-order valence-electron chi connectivity index (χ3n) is 4.81.